The predicted octanol–water partition coefficient (Wildman–Crippen LogP) is 7.27. The lowest BCUT2D eigenvalue weighted by atomic mass is 9.77. The Hall–Kier alpha value is -2.16. The van der Waals surface area contributed by atoms with Crippen molar-refractivity contribution in [2.75, 3.05) is 6.61 Å². The standard InChI is InChI=1S/C24H28F2O/c1-3-5-16-27-22-15-14-21(23(25)24(22)26)20-12-10-19(11-13-20)18-8-6-17(4-2)7-9-18/h3,5,10-15,17-18H,4,6-9,16H2,1-2H3/b5-3+. The molecule has 2 aromatic rings. The van der Waals surface area contributed by atoms with Gasteiger partial charge in [-0.15, -0.1) is 0 Å². The Labute approximate surface area is 161 Å². The molecular formula is C24H28F2O. The summed E-state index contributed by atoms with van der Waals surface area (Å²) in [6, 6.07) is 11.0. The minimum absolute atomic E-state index is 0.0568. The van der Waals surface area contributed by atoms with Crippen LogP contribution in [0.2, 0.25) is 0 Å². The van der Waals surface area contributed by atoms with Crippen LogP contribution in [0, 0.1) is 17.6 Å². The zero-order chi connectivity index (χ0) is 19.2. The topological polar surface area (TPSA) is 9.23 Å². The van der Waals surface area contributed by atoms with Crippen LogP contribution in [-0.2, 0) is 0 Å². The van der Waals surface area contributed by atoms with Crippen molar-refractivity contribution in [3.63, 3.8) is 0 Å². The van der Waals surface area contributed by atoms with Gasteiger partial charge in [0.1, 0.15) is 6.61 Å². The second kappa shape index (κ2) is 9.16. The molecule has 0 amide bonds. The van der Waals surface area contributed by atoms with Crippen LogP contribution in [0.3, 0.4) is 0 Å². The minimum Gasteiger partial charge on any atom is -0.486 e. The Morgan fingerprint density at radius 2 is 1.67 bits per heavy atom. The first-order chi connectivity index (χ1) is 13.1. The summed E-state index contributed by atoms with van der Waals surface area (Å²) in [5.41, 5.74) is 2.27. The van der Waals surface area contributed by atoms with E-state index in [2.05, 4.69) is 19.1 Å². The maximum Gasteiger partial charge on any atom is 0.201 e. The Bertz CT molecular complexity index is 772. The smallest absolute Gasteiger partial charge is 0.201 e. The van der Waals surface area contributed by atoms with Gasteiger partial charge in [-0.1, -0.05) is 49.8 Å². The number of rotatable bonds is 6. The lowest BCUT2D eigenvalue weighted by Gasteiger charge is -2.28. The first-order valence-electron chi connectivity index (χ1n) is 9.96. The normalized spacial score (nSPS) is 20.1. The number of hydrogen-bond donors (Lipinski definition) is 0. The van der Waals surface area contributed by atoms with Gasteiger partial charge in [0.2, 0.25) is 5.82 Å². The van der Waals surface area contributed by atoms with Crippen molar-refractivity contribution in [1.82, 2.24) is 0 Å². The molecule has 1 saturated carbocycles. The van der Waals surface area contributed by atoms with Crippen molar-refractivity contribution in [3.05, 3.63) is 65.7 Å². The Morgan fingerprint density at radius 1 is 0.963 bits per heavy atom. The maximum atomic E-state index is 14.5. The summed E-state index contributed by atoms with van der Waals surface area (Å²) >= 11 is 0. The monoisotopic (exact) mass is 370 g/mol. The van der Waals surface area contributed by atoms with Crippen molar-refractivity contribution in [2.24, 2.45) is 5.92 Å². The Morgan fingerprint density at radius 3 is 2.30 bits per heavy atom. The fourth-order valence-corrected chi connectivity index (χ4v) is 3.94. The summed E-state index contributed by atoms with van der Waals surface area (Å²) in [5.74, 6) is -0.390. The Balaban J connectivity index is 1.74. The molecule has 0 bridgehead atoms. The summed E-state index contributed by atoms with van der Waals surface area (Å²) < 4.78 is 34.1. The van der Waals surface area contributed by atoms with E-state index in [-0.39, 0.29) is 17.9 Å². The molecule has 0 heterocycles. The lowest BCUT2D eigenvalue weighted by Crippen LogP contribution is -2.12. The van der Waals surface area contributed by atoms with Gasteiger partial charge in [0, 0.05) is 5.56 Å². The molecule has 144 valence electrons. The highest BCUT2D eigenvalue weighted by Gasteiger charge is 2.21. The third-order valence-electron chi connectivity index (χ3n) is 5.73. The van der Waals surface area contributed by atoms with Crippen LogP contribution in [0.4, 0.5) is 8.78 Å². The van der Waals surface area contributed by atoms with Gasteiger partial charge in [-0.25, -0.2) is 4.39 Å². The fourth-order valence-electron chi connectivity index (χ4n) is 3.94. The molecule has 1 fully saturated rings. The van der Waals surface area contributed by atoms with E-state index in [4.69, 9.17) is 4.74 Å². The van der Waals surface area contributed by atoms with Crippen molar-refractivity contribution in [1.29, 1.82) is 0 Å². The molecule has 3 heteroatoms. The van der Waals surface area contributed by atoms with E-state index < -0.39 is 11.6 Å². The average Bonchev–Trinajstić information content (AvgIpc) is 2.72. The fraction of sp³-hybridized carbons (Fsp3) is 0.417. The Kier molecular flexibility index (Phi) is 6.65. The van der Waals surface area contributed by atoms with Crippen molar-refractivity contribution >= 4 is 0 Å². The van der Waals surface area contributed by atoms with Gasteiger partial charge >= 0.3 is 0 Å². The van der Waals surface area contributed by atoms with Crippen LogP contribution in [0.15, 0.2) is 48.6 Å². The molecule has 0 aromatic heterocycles. The predicted molar refractivity (Wildman–Crippen MR) is 107 cm³/mol. The number of halogens is 2. The van der Waals surface area contributed by atoms with Crippen LogP contribution in [0.5, 0.6) is 5.75 Å². The van der Waals surface area contributed by atoms with E-state index in [0.29, 0.717) is 11.5 Å². The summed E-state index contributed by atoms with van der Waals surface area (Å²) in [5, 5.41) is 0. The summed E-state index contributed by atoms with van der Waals surface area (Å²) in [6.45, 7) is 4.34. The molecule has 1 nitrogen and oxygen atoms in total. The molecule has 2 aromatic carbocycles. The quantitative estimate of drug-likeness (QED) is 0.486. The van der Waals surface area contributed by atoms with Crippen LogP contribution in [0.25, 0.3) is 11.1 Å². The van der Waals surface area contributed by atoms with Gasteiger partial charge < -0.3 is 4.74 Å². The molecule has 0 aliphatic heterocycles. The van der Waals surface area contributed by atoms with Crippen LogP contribution < -0.4 is 4.74 Å². The third kappa shape index (κ3) is 4.58. The van der Waals surface area contributed by atoms with E-state index in [9.17, 15) is 8.78 Å². The zero-order valence-corrected chi connectivity index (χ0v) is 16.2. The number of hydrogen-bond acceptors (Lipinski definition) is 1. The third-order valence-corrected chi connectivity index (χ3v) is 5.73. The number of benzene rings is 2. The van der Waals surface area contributed by atoms with Crippen molar-refractivity contribution < 1.29 is 13.5 Å². The van der Waals surface area contributed by atoms with E-state index in [1.165, 1.54) is 43.7 Å². The highest BCUT2D eigenvalue weighted by atomic mass is 19.2. The molecule has 1 aliphatic carbocycles. The van der Waals surface area contributed by atoms with Gasteiger partial charge in [0.25, 0.3) is 0 Å². The SMILES string of the molecule is C/C=C/COc1ccc(-c2ccc(C3CCC(CC)CC3)cc2)c(F)c1F. The van der Waals surface area contributed by atoms with Gasteiger partial charge in [-0.05, 0) is 67.7 Å². The molecule has 0 saturated heterocycles. The molecule has 27 heavy (non-hydrogen) atoms. The first-order valence-corrected chi connectivity index (χ1v) is 9.96. The molecule has 3 rings (SSSR count). The molecule has 0 atom stereocenters. The van der Waals surface area contributed by atoms with Crippen molar-refractivity contribution in [3.8, 4) is 16.9 Å². The molecular weight excluding hydrogens is 342 g/mol. The molecule has 0 unspecified atom stereocenters. The van der Waals surface area contributed by atoms with Crippen LogP contribution >= 0.6 is 0 Å². The molecule has 1 aliphatic rings. The van der Waals surface area contributed by atoms with E-state index in [1.54, 1.807) is 18.2 Å². The van der Waals surface area contributed by atoms with Gasteiger partial charge in [-0.3, -0.25) is 0 Å². The second-order valence-electron chi connectivity index (χ2n) is 7.37. The largest absolute Gasteiger partial charge is 0.486 e. The molecule has 0 spiro atoms. The summed E-state index contributed by atoms with van der Waals surface area (Å²) in [7, 11) is 0. The van der Waals surface area contributed by atoms with E-state index in [0.717, 1.165) is 5.92 Å². The lowest BCUT2D eigenvalue weighted by molar-refractivity contribution is 0.319. The molecule has 0 N–H and O–H groups in total. The van der Waals surface area contributed by atoms with E-state index in [1.807, 2.05) is 19.1 Å². The highest BCUT2D eigenvalue weighted by Crippen LogP contribution is 2.38. The number of allylic oxidation sites excluding steroid dienone is 1. The number of ether oxygens (including phenoxy) is 1. The zero-order valence-electron chi connectivity index (χ0n) is 16.2. The van der Waals surface area contributed by atoms with E-state index >= 15 is 0 Å². The van der Waals surface area contributed by atoms with Gasteiger partial charge in [0.05, 0.1) is 0 Å². The summed E-state index contributed by atoms with van der Waals surface area (Å²) in [4.78, 5) is 0. The highest BCUT2D eigenvalue weighted by molar-refractivity contribution is 5.65. The van der Waals surface area contributed by atoms with Gasteiger partial charge in [0.15, 0.2) is 11.6 Å². The minimum atomic E-state index is -0.932. The first kappa shape index (κ1) is 19.6. The second-order valence-corrected chi connectivity index (χ2v) is 7.37. The van der Waals surface area contributed by atoms with Crippen molar-refractivity contribution in [2.45, 2.75) is 51.9 Å². The van der Waals surface area contributed by atoms with Gasteiger partial charge in [-0.2, -0.15) is 4.39 Å². The maximum absolute atomic E-state index is 14.5. The molecule has 0 radical (unpaired) electrons. The average molecular weight is 370 g/mol. The van der Waals surface area contributed by atoms with Crippen LogP contribution in [0.1, 0.15) is 57.4 Å². The summed E-state index contributed by atoms with van der Waals surface area (Å²) in [6.07, 6.45) is 9.84. The van der Waals surface area contributed by atoms with Crippen LogP contribution in [-0.4, -0.2) is 6.61 Å².